The summed E-state index contributed by atoms with van der Waals surface area (Å²) in [7, 11) is 1.60. The van der Waals surface area contributed by atoms with Crippen molar-refractivity contribution in [3.8, 4) is 5.75 Å². The standard InChI is InChI=1S/C17H11NO3S/c1-21-9-6-7-13-12(8-9)18-17(22-13)14-15(19)10-4-2-3-5-11(10)16(14)20/h2-8,19H,1H3. The van der Waals surface area contributed by atoms with E-state index in [0.29, 0.717) is 21.9 Å². The molecule has 0 unspecified atom stereocenters. The Morgan fingerprint density at radius 1 is 1.14 bits per heavy atom. The Labute approximate surface area is 130 Å². The first-order chi connectivity index (χ1) is 10.7. The molecule has 1 aliphatic carbocycles. The first-order valence-electron chi connectivity index (χ1n) is 6.71. The summed E-state index contributed by atoms with van der Waals surface area (Å²) in [4.78, 5) is 17.0. The highest BCUT2D eigenvalue weighted by atomic mass is 32.1. The zero-order valence-electron chi connectivity index (χ0n) is 11.7. The normalized spacial score (nSPS) is 13.8. The van der Waals surface area contributed by atoms with Gasteiger partial charge < -0.3 is 9.84 Å². The van der Waals surface area contributed by atoms with E-state index in [4.69, 9.17) is 4.74 Å². The Bertz CT molecular complexity index is 955. The number of nitrogens with zero attached hydrogens (tertiary/aromatic N) is 1. The summed E-state index contributed by atoms with van der Waals surface area (Å²) in [5, 5.41) is 10.9. The van der Waals surface area contributed by atoms with Crippen LogP contribution in [0.3, 0.4) is 0 Å². The Balaban J connectivity index is 1.89. The van der Waals surface area contributed by atoms with Crippen LogP contribution in [0.5, 0.6) is 5.75 Å². The lowest BCUT2D eigenvalue weighted by molar-refractivity contribution is 0.105. The molecule has 3 aromatic rings. The van der Waals surface area contributed by atoms with E-state index in [1.165, 1.54) is 11.3 Å². The van der Waals surface area contributed by atoms with Crippen molar-refractivity contribution in [2.75, 3.05) is 7.11 Å². The average Bonchev–Trinajstić information content (AvgIpc) is 3.06. The third kappa shape index (κ3) is 1.76. The van der Waals surface area contributed by atoms with Crippen LogP contribution in [0.1, 0.15) is 20.9 Å². The highest BCUT2D eigenvalue weighted by Crippen LogP contribution is 2.39. The monoisotopic (exact) mass is 309 g/mol. The number of carbonyl (C=O) groups is 1. The molecule has 2 aromatic carbocycles. The van der Waals surface area contributed by atoms with Crippen molar-refractivity contribution in [2.45, 2.75) is 0 Å². The quantitative estimate of drug-likeness (QED) is 0.779. The number of allylic oxidation sites excluding steroid dienone is 1. The smallest absolute Gasteiger partial charge is 0.200 e. The maximum atomic E-state index is 12.5. The van der Waals surface area contributed by atoms with Crippen LogP contribution in [-0.2, 0) is 0 Å². The van der Waals surface area contributed by atoms with E-state index in [1.54, 1.807) is 31.4 Å². The van der Waals surface area contributed by atoms with Gasteiger partial charge in [0.2, 0.25) is 5.78 Å². The van der Waals surface area contributed by atoms with Gasteiger partial charge in [-0.3, -0.25) is 4.79 Å². The molecule has 4 nitrogen and oxygen atoms in total. The SMILES string of the molecule is COc1ccc2sc(C3=C(O)c4ccccc4C3=O)nc2c1. The fourth-order valence-corrected chi connectivity index (χ4v) is 3.59. The van der Waals surface area contributed by atoms with Gasteiger partial charge in [-0.15, -0.1) is 11.3 Å². The number of aliphatic hydroxyl groups is 1. The molecule has 0 spiro atoms. The van der Waals surface area contributed by atoms with Crippen LogP contribution in [0.25, 0.3) is 21.5 Å². The topological polar surface area (TPSA) is 59.4 Å². The van der Waals surface area contributed by atoms with Crippen LogP contribution in [0.4, 0.5) is 0 Å². The lowest BCUT2D eigenvalue weighted by atomic mass is 10.1. The van der Waals surface area contributed by atoms with Crippen molar-refractivity contribution in [1.29, 1.82) is 0 Å². The first-order valence-corrected chi connectivity index (χ1v) is 7.53. The van der Waals surface area contributed by atoms with Crippen LogP contribution in [0.2, 0.25) is 0 Å². The Hall–Kier alpha value is -2.66. The number of benzene rings is 2. The molecule has 0 amide bonds. The Kier molecular flexibility index (Phi) is 2.77. The van der Waals surface area contributed by atoms with Crippen molar-refractivity contribution < 1.29 is 14.6 Å². The van der Waals surface area contributed by atoms with E-state index in [1.807, 2.05) is 18.2 Å². The van der Waals surface area contributed by atoms with Gasteiger partial charge in [-0.2, -0.15) is 0 Å². The van der Waals surface area contributed by atoms with E-state index >= 15 is 0 Å². The number of hydrogen-bond acceptors (Lipinski definition) is 5. The minimum Gasteiger partial charge on any atom is -0.506 e. The van der Waals surface area contributed by atoms with E-state index in [2.05, 4.69) is 4.98 Å². The molecule has 0 bridgehead atoms. The average molecular weight is 309 g/mol. The zero-order chi connectivity index (χ0) is 15.3. The minimum absolute atomic E-state index is 0.00613. The van der Waals surface area contributed by atoms with Gasteiger partial charge in [0, 0.05) is 17.2 Å². The van der Waals surface area contributed by atoms with Gasteiger partial charge in [-0.1, -0.05) is 24.3 Å². The number of carbonyl (C=O) groups excluding carboxylic acids is 1. The van der Waals surface area contributed by atoms with E-state index in [9.17, 15) is 9.90 Å². The van der Waals surface area contributed by atoms with Gasteiger partial charge in [0.15, 0.2) is 0 Å². The third-order valence-electron chi connectivity index (χ3n) is 3.70. The van der Waals surface area contributed by atoms with Crippen LogP contribution in [0, 0.1) is 0 Å². The van der Waals surface area contributed by atoms with E-state index < -0.39 is 0 Å². The molecule has 1 aliphatic rings. The van der Waals surface area contributed by atoms with Crippen molar-refractivity contribution in [2.24, 2.45) is 0 Å². The minimum atomic E-state index is -0.181. The maximum Gasteiger partial charge on any atom is 0.200 e. The van der Waals surface area contributed by atoms with Crippen molar-refractivity contribution in [1.82, 2.24) is 4.98 Å². The molecule has 108 valence electrons. The number of rotatable bonds is 2. The summed E-state index contributed by atoms with van der Waals surface area (Å²) in [6.45, 7) is 0. The fourth-order valence-electron chi connectivity index (χ4n) is 2.60. The predicted molar refractivity (Wildman–Crippen MR) is 86.4 cm³/mol. The summed E-state index contributed by atoms with van der Waals surface area (Å²) in [6, 6.07) is 12.6. The summed E-state index contributed by atoms with van der Waals surface area (Å²) < 4.78 is 6.13. The number of fused-ring (bicyclic) bond motifs is 2. The van der Waals surface area contributed by atoms with Crippen LogP contribution in [-0.4, -0.2) is 23.0 Å². The molecule has 0 atom stereocenters. The number of ether oxygens (including phenoxy) is 1. The van der Waals surface area contributed by atoms with E-state index in [-0.39, 0.29) is 17.1 Å². The molecule has 1 N–H and O–H groups in total. The zero-order valence-corrected chi connectivity index (χ0v) is 12.5. The molecule has 1 aromatic heterocycles. The second-order valence-corrected chi connectivity index (χ2v) is 5.98. The number of aromatic nitrogens is 1. The molecular formula is C17H11NO3S. The number of ketones is 1. The van der Waals surface area contributed by atoms with Crippen molar-refractivity contribution in [3.05, 3.63) is 58.6 Å². The molecule has 0 aliphatic heterocycles. The predicted octanol–water partition coefficient (Wildman–Crippen LogP) is 3.93. The molecule has 0 radical (unpaired) electrons. The van der Waals surface area contributed by atoms with Gasteiger partial charge in [0.05, 0.1) is 17.3 Å². The Morgan fingerprint density at radius 3 is 2.64 bits per heavy atom. The van der Waals surface area contributed by atoms with Crippen LogP contribution in [0.15, 0.2) is 42.5 Å². The van der Waals surface area contributed by atoms with Crippen molar-refractivity contribution >= 4 is 38.7 Å². The number of hydrogen-bond donors (Lipinski definition) is 1. The largest absolute Gasteiger partial charge is 0.506 e. The van der Waals surface area contributed by atoms with Gasteiger partial charge in [0.1, 0.15) is 22.1 Å². The molecule has 0 saturated carbocycles. The number of Topliss-reactive ketones (excluding diaryl/α,β-unsaturated/α-hetero) is 1. The second-order valence-electron chi connectivity index (χ2n) is 4.95. The first kappa shape index (κ1) is 13.0. The highest BCUT2D eigenvalue weighted by molar-refractivity contribution is 7.20. The molecular weight excluding hydrogens is 298 g/mol. The van der Waals surface area contributed by atoms with Crippen molar-refractivity contribution in [3.63, 3.8) is 0 Å². The van der Waals surface area contributed by atoms with Gasteiger partial charge in [-0.25, -0.2) is 4.98 Å². The molecule has 22 heavy (non-hydrogen) atoms. The summed E-state index contributed by atoms with van der Waals surface area (Å²) in [5.74, 6) is 0.536. The van der Waals surface area contributed by atoms with Crippen LogP contribution >= 0.6 is 11.3 Å². The summed E-state index contributed by atoms with van der Waals surface area (Å²) >= 11 is 1.39. The molecule has 1 heterocycles. The molecule has 5 heteroatoms. The van der Waals surface area contributed by atoms with Crippen LogP contribution < -0.4 is 4.74 Å². The van der Waals surface area contributed by atoms with Gasteiger partial charge >= 0.3 is 0 Å². The summed E-state index contributed by atoms with van der Waals surface area (Å²) in [6.07, 6.45) is 0. The number of methoxy groups -OCH3 is 1. The fraction of sp³-hybridized carbons (Fsp3) is 0.0588. The molecule has 4 rings (SSSR count). The number of thiazole rings is 1. The molecule has 0 saturated heterocycles. The lowest BCUT2D eigenvalue weighted by Gasteiger charge is -1.96. The molecule has 0 fully saturated rings. The summed E-state index contributed by atoms with van der Waals surface area (Å²) in [5.41, 5.74) is 2.12. The Morgan fingerprint density at radius 2 is 1.91 bits per heavy atom. The number of aliphatic hydroxyl groups excluding tert-OH is 1. The van der Waals surface area contributed by atoms with Gasteiger partial charge in [0.25, 0.3) is 0 Å². The third-order valence-corrected chi connectivity index (χ3v) is 4.75. The van der Waals surface area contributed by atoms with E-state index in [0.717, 1.165) is 10.2 Å². The van der Waals surface area contributed by atoms with Gasteiger partial charge in [-0.05, 0) is 12.1 Å². The second kappa shape index (κ2) is 4.68. The maximum absolute atomic E-state index is 12.5. The lowest BCUT2D eigenvalue weighted by Crippen LogP contribution is -1.97. The highest BCUT2D eigenvalue weighted by Gasteiger charge is 2.32.